The van der Waals surface area contributed by atoms with Crippen molar-refractivity contribution in [3.63, 3.8) is 0 Å². The van der Waals surface area contributed by atoms with Crippen LogP contribution >= 0.6 is 0 Å². The first-order chi connectivity index (χ1) is 9.28. The predicted molar refractivity (Wildman–Crippen MR) is 79.9 cm³/mol. The molecule has 5 heteroatoms. The Hall–Kier alpha value is -2.06. The molecule has 1 aromatic carbocycles. The monoisotopic (exact) mass is 290 g/mol. The fraction of sp³-hybridized carbons (Fsp3) is 0.333. The zero-order valence-electron chi connectivity index (χ0n) is 12.4. The van der Waals surface area contributed by atoms with E-state index < -0.39 is 14.0 Å². The van der Waals surface area contributed by atoms with E-state index in [0.29, 0.717) is 23.2 Å². The van der Waals surface area contributed by atoms with Crippen LogP contribution in [0.5, 0.6) is 11.5 Å². The third-order valence-corrected chi connectivity index (χ3v) is 3.18. The van der Waals surface area contributed by atoms with Gasteiger partial charge in [-0.1, -0.05) is 25.6 Å². The van der Waals surface area contributed by atoms with Crippen molar-refractivity contribution in [3.05, 3.63) is 23.3 Å². The van der Waals surface area contributed by atoms with Gasteiger partial charge in [0.1, 0.15) is 8.07 Å². The van der Waals surface area contributed by atoms with E-state index in [0.717, 1.165) is 0 Å². The molecule has 4 nitrogen and oxygen atoms in total. The number of rotatable bonds is 3. The Labute approximate surface area is 120 Å². The highest BCUT2D eigenvalue weighted by molar-refractivity contribution is 6.83. The van der Waals surface area contributed by atoms with Gasteiger partial charge >= 0.3 is 5.97 Å². The summed E-state index contributed by atoms with van der Waals surface area (Å²) < 4.78 is 10.3. The highest BCUT2D eigenvalue weighted by atomic mass is 28.3. The summed E-state index contributed by atoms with van der Waals surface area (Å²) in [4.78, 5) is 22.2. The highest BCUT2D eigenvalue weighted by Gasteiger charge is 2.16. The summed E-state index contributed by atoms with van der Waals surface area (Å²) in [5, 5.41) is 0. The molecular formula is C15H18O4Si. The van der Waals surface area contributed by atoms with E-state index in [1.54, 1.807) is 6.07 Å². The summed E-state index contributed by atoms with van der Waals surface area (Å²) >= 11 is 0. The van der Waals surface area contributed by atoms with Crippen LogP contribution in [0.3, 0.4) is 0 Å². The topological polar surface area (TPSA) is 52.6 Å². The van der Waals surface area contributed by atoms with E-state index >= 15 is 0 Å². The van der Waals surface area contributed by atoms with Crippen molar-refractivity contribution in [3.8, 4) is 23.0 Å². The Bertz CT molecular complexity index is 588. The maximum Gasteiger partial charge on any atom is 0.308 e. The Balaban J connectivity index is 3.46. The lowest BCUT2D eigenvalue weighted by Gasteiger charge is -2.12. The van der Waals surface area contributed by atoms with E-state index in [9.17, 15) is 9.59 Å². The Morgan fingerprint density at radius 3 is 2.40 bits per heavy atom. The standard InChI is InChI=1S/C15H18O4Si/c1-11(17)19-14-7-6-12(10-16)13(15(14)18-2)8-9-20(3,4)5/h6-7,10H,1-5H3. The number of hydrogen-bond donors (Lipinski definition) is 0. The van der Waals surface area contributed by atoms with E-state index in [4.69, 9.17) is 9.47 Å². The molecule has 0 aromatic heterocycles. The smallest absolute Gasteiger partial charge is 0.308 e. The summed E-state index contributed by atoms with van der Waals surface area (Å²) in [5.74, 6) is 3.13. The molecule has 1 rings (SSSR count). The van der Waals surface area contributed by atoms with Crippen LogP contribution in [0.1, 0.15) is 22.8 Å². The minimum absolute atomic E-state index is 0.269. The van der Waals surface area contributed by atoms with Crippen molar-refractivity contribution >= 4 is 20.3 Å². The molecule has 0 aliphatic rings. The summed E-state index contributed by atoms with van der Waals surface area (Å²) in [6.45, 7) is 7.61. The normalized spacial score (nSPS) is 10.2. The number of ether oxygens (including phenoxy) is 2. The maximum atomic E-state index is 11.1. The molecule has 0 fully saturated rings. The first kappa shape index (κ1) is 16.0. The first-order valence-electron chi connectivity index (χ1n) is 6.16. The van der Waals surface area contributed by atoms with E-state index in [2.05, 4.69) is 31.1 Å². The van der Waals surface area contributed by atoms with Crippen LogP contribution in [0.15, 0.2) is 12.1 Å². The second-order valence-corrected chi connectivity index (χ2v) is 10.0. The Kier molecular flexibility index (Phi) is 5.11. The SMILES string of the molecule is COc1c(OC(C)=O)ccc(C=O)c1C#C[Si](C)(C)C. The number of aldehydes is 1. The molecule has 0 aliphatic carbocycles. The van der Waals surface area contributed by atoms with Crippen molar-refractivity contribution in [1.29, 1.82) is 0 Å². The molecule has 0 unspecified atom stereocenters. The first-order valence-corrected chi connectivity index (χ1v) is 9.66. The average Bonchev–Trinajstić information content (AvgIpc) is 2.34. The summed E-state index contributed by atoms with van der Waals surface area (Å²) in [6, 6.07) is 3.10. The lowest BCUT2D eigenvalue weighted by molar-refractivity contribution is -0.132. The summed E-state index contributed by atoms with van der Waals surface area (Å²) in [6.07, 6.45) is 0.717. The van der Waals surface area contributed by atoms with Gasteiger partial charge in [0, 0.05) is 12.5 Å². The molecule has 0 saturated carbocycles. The highest BCUT2D eigenvalue weighted by Crippen LogP contribution is 2.32. The number of hydrogen-bond acceptors (Lipinski definition) is 4. The molecule has 0 atom stereocenters. The number of methoxy groups -OCH3 is 1. The molecule has 1 aromatic rings. The molecule has 0 saturated heterocycles. The number of benzene rings is 1. The lowest BCUT2D eigenvalue weighted by Crippen LogP contribution is -2.16. The van der Waals surface area contributed by atoms with Crippen LogP contribution in [0, 0.1) is 11.5 Å². The third kappa shape index (κ3) is 4.25. The van der Waals surface area contributed by atoms with Crippen LogP contribution in [-0.2, 0) is 4.79 Å². The lowest BCUT2D eigenvalue weighted by atomic mass is 10.1. The average molecular weight is 290 g/mol. The van der Waals surface area contributed by atoms with Crippen LogP contribution in [0.2, 0.25) is 19.6 Å². The van der Waals surface area contributed by atoms with Gasteiger partial charge in [0.2, 0.25) is 0 Å². The van der Waals surface area contributed by atoms with Gasteiger partial charge in [-0.2, -0.15) is 0 Å². The van der Waals surface area contributed by atoms with Gasteiger partial charge in [0.15, 0.2) is 17.8 Å². The summed E-state index contributed by atoms with van der Waals surface area (Å²) in [5.41, 5.74) is 4.06. The van der Waals surface area contributed by atoms with E-state index in [-0.39, 0.29) is 5.75 Å². The fourth-order valence-corrected chi connectivity index (χ4v) is 1.99. The van der Waals surface area contributed by atoms with E-state index in [1.165, 1.54) is 20.1 Å². The van der Waals surface area contributed by atoms with Gasteiger partial charge in [-0.3, -0.25) is 9.59 Å². The largest absolute Gasteiger partial charge is 0.492 e. The van der Waals surface area contributed by atoms with E-state index in [1.807, 2.05) is 0 Å². The number of carbonyl (C=O) groups excluding carboxylic acids is 2. The van der Waals surface area contributed by atoms with Crippen molar-refractivity contribution < 1.29 is 19.1 Å². The summed E-state index contributed by atoms with van der Waals surface area (Å²) in [7, 11) is -0.146. The van der Waals surface area contributed by atoms with Crippen LogP contribution in [0.25, 0.3) is 0 Å². The second kappa shape index (κ2) is 6.39. The van der Waals surface area contributed by atoms with Gasteiger partial charge in [-0.25, -0.2) is 0 Å². The minimum atomic E-state index is -1.60. The van der Waals surface area contributed by atoms with Gasteiger partial charge in [-0.15, -0.1) is 5.54 Å². The Morgan fingerprint density at radius 1 is 1.30 bits per heavy atom. The van der Waals surface area contributed by atoms with Gasteiger partial charge in [-0.05, 0) is 12.1 Å². The molecule has 0 amide bonds. The molecule has 0 radical (unpaired) electrons. The molecule has 0 spiro atoms. The van der Waals surface area contributed by atoms with Crippen LogP contribution in [-0.4, -0.2) is 27.4 Å². The maximum absolute atomic E-state index is 11.1. The minimum Gasteiger partial charge on any atom is -0.492 e. The van der Waals surface area contributed by atoms with Crippen molar-refractivity contribution in [1.82, 2.24) is 0 Å². The van der Waals surface area contributed by atoms with Crippen molar-refractivity contribution in [2.24, 2.45) is 0 Å². The van der Waals surface area contributed by atoms with Crippen LogP contribution < -0.4 is 9.47 Å². The fourth-order valence-electron chi connectivity index (χ4n) is 1.49. The molecule has 0 N–H and O–H groups in total. The molecular weight excluding hydrogens is 272 g/mol. The number of carbonyl (C=O) groups is 2. The number of esters is 1. The molecule has 0 bridgehead atoms. The van der Waals surface area contributed by atoms with Gasteiger partial charge in [0.05, 0.1) is 12.7 Å². The zero-order chi connectivity index (χ0) is 15.3. The molecule has 0 heterocycles. The Morgan fingerprint density at radius 2 is 1.95 bits per heavy atom. The quantitative estimate of drug-likeness (QED) is 0.282. The van der Waals surface area contributed by atoms with Crippen molar-refractivity contribution in [2.45, 2.75) is 26.6 Å². The predicted octanol–water partition coefficient (Wildman–Crippen LogP) is 2.66. The molecule has 106 valence electrons. The van der Waals surface area contributed by atoms with Gasteiger partial charge in [0.25, 0.3) is 0 Å². The van der Waals surface area contributed by atoms with Gasteiger partial charge < -0.3 is 9.47 Å². The van der Waals surface area contributed by atoms with Crippen molar-refractivity contribution in [2.75, 3.05) is 7.11 Å². The third-order valence-electron chi connectivity index (χ3n) is 2.30. The molecule has 20 heavy (non-hydrogen) atoms. The van der Waals surface area contributed by atoms with Crippen LogP contribution in [0.4, 0.5) is 0 Å². The zero-order valence-corrected chi connectivity index (χ0v) is 13.4. The molecule has 0 aliphatic heterocycles. The second-order valence-electron chi connectivity index (χ2n) is 5.27.